The first-order chi connectivity index (χ1) is 12.9. The van der Waals surface area contributed by atoms with Crippen LogP contribution in [0.25, 0.3) is 0 Å². The Hall–Kier alpha value is -2.67. The van der Waals surface area contributed by atoms with E-state index in [0.717, 1.165) is 37.4 Å². The van der Waals surface area contributed by atoms with Crippen LogP contribution in [0.4, 0.5) is 5.69 Å². The molecule has 0 bridgehead atoms. The number of carbonyl (C=O) groups excluding carboxylic acids is 2. The zero-order chi connectivity index (χ0) is 19.4. The summed E-state index contributed by atoms with van der Waals surface area (Å²) in [5, 5.41) is 9.74. The minimum absolute atomic E-state index is 0.153. The minimum Gasteiger partial charge on any atom is -0.340 e. The van der Waals surface area contributed by atoms with Crippen LogP contribution in [-0.4, -0.2) is 65.0 Å². The number of benzene rings is 1. The lowest BCUT2D eigenvalue weighted by atomic mass is 10.1. The van der Waals surface area contributed by atoms with Crippen LogP contribution in [0.2, 0.25) is 0 Å². The number of nitrogens with zero attached hydrogens (tertiary/aromatic N) is 3. The number of H-pyrrole nitrogens is 1. The molecule has 27 heavy (non-hydrogen) atoms. The molecule has 0 saturated carbocycles. The SMILES string of the molecule is CC(C)c1[nH]ncc1C(=O)Nc1ccc(CC(=O)N2CCN(C)CC2)cc1. The van der Waals surface area contributed by atoms with Gasteiger partial charge < -0.3 is 15.1 Å². The summed E-state index contributed by atoms with van der Waals surface area (Å²) in [7, 11) is 2.07. The lowest BCUT2D eigenvalue weighted by Gasteiger charge is -2.32. The van der Waals surface area contributed by atoms with Crippen molar-refractivity contribution < 1.29 is 9.59 Å². The second-order valence-electron chi connectivity index (χ2n) is 7.36. The number of nitrogens with one attached hydrogen (secondary N) is 2. The molecule has 2 N–H and O–H groups in total. The average molecular weight is 369 g/mol. The van der Waals surface area contributed by atoms with Crippen LogP contribution in [0.5, 0.6) is 0 Å². The van der Waals surface area contributed by atoms with Crippen LogP contribution in [0.15, 0.2) is 30.5 Å². The molecule has 144 valence electrons. The summed E-state index contributed by atoms with van der Waals surface area (Å²) >= 11 is 0. The number of carbonyl (C=O) groups is 2. The fourth-order valence-corrected chi connectivity index (χ4v) is 3.16. The van der Waals surface area contributed by atoms with Gasteiger partial charge in [-0.3, -0.25) is 14.7 Å². The van der Waals surface area contributed by atoms with Crippen molar-refractivity contribution in [2.75, 3.05) is 38.5 Å². The number of piperazine rings is 1. The van der Waals surface area contributed by atoms with Gasteiger partial charge in [0, 0.05) is 31.9 Å². The molecular weight excluding hydrogens is 342 g/mol. The van der Waals surface area contributed by atoms with Gasteiger partial charge in [-0.05, 0) is 30.7 Å². The maximum atomic E-state index is 12.5. The van der Waals surface area contributed by atoms with Crippen molar-refractivity contribution in [3.05, 3.63) is 47.3 Å². The Morgan fingerprint density at radius 1 is 1.15 bits per heavy atom. The summed E-state index contributed by atoms with van der Waals surface area (Å²) in [5.74, 6) is 0.157. The summed E-state index contributed by atoms with van der Waals surface area (Å²) in [4.78, 5) is 29.0. The average Bonchev–Trinajstić information content (AvgIpc) is 3.14. The second kappa shape index (κ2) is 8.35. The number of hydrogen-bond acceptors (Lipinski definition) is 4. The molecule has 0 radical (unpaired) electrons. The lowest BCUT2D eigenvalue weighted by Crippen LogP contribution is -2.47. The first-order valence-electron chi connectivity index (χ1n) is 9.34. The van der Waals surface area contributed by atoms with Crippen LogP contribution in [0.3, 0.4) is 0 Å². The molecule has 3 rings (SSSR count). The third-order valence-corrected chi connectivity index (χ3v) is 4.91. The number of anilines is 1. The van der Waals surface area contributed by atoms with E-state index in [1.807, 2.05) is 43.0 Å². The summed E-state index contributed by atoms with van der Waals surface area (Å²) in [6, 6.07) is 7.45. The van der Waals surface area contributed by atoms with Crippen LogP contribution in [0.1, 0.15) is 41.4 Å². The van der Waals surface area contributed by atoms with Gasteiger partial charge >= 0.3 is 0 Å². The van der Waals surface area contributed by atoms with E-state index < -0.39 is 0 Å². The highest BCUT2D eigenvalue weighted by Gasteiger charge is 2.19. The Morgan fingerprint density at radius 2 is 1.81 bits per heavy atom. The third-order valence-electron chi connectivity index (χ3n) is 4.91. The van der Waals surface area contributed by atoms with Gasteiger partial charge in [0.15, 0.2) is 0 Å². The van der Waals surface area contributed by atoms with Crippen molar-refractivity contribution in [3.8, 4) is 0 Å². The molecule has 1 saturated heterocycles. The molecule has 2 aromatic rings. The van der Waals surface area contributed by atoms with E-state index in [1.165, 1.54) is 0 Å². The molecule has 1 aliphatic heterocycles. The molecule has 2 heterocycles. The number of aromatic amines is 1. The Bertz CT molecular complexity index is 789. The van der Waals surface area contributed by atoms with Crippen molar-refractivity contribution in [2.24, 2.45) is 0 Å². The van der Waals surface area contributed by atoms with Crippen molar-refractivity contribution >= 4 is 17.5 Å². The van der Waals surface area contributed by atoms with Gasteiger partial charge in [-0.15, -0.1) is 0 Å². The highest BCUT2D eigenvalue weighted by molar-refractivity contribution is 6.05. The molecule has 1 aromatic heterocycles. The Kier molecular flexibility index (Phi) is 5.91. The van der Waals surface area contributed by atoms with Gasteiger partial charge in [0.1, 0.15) is 0 Å². The summed E-state index contributed by atoms with van der Waals surface area (Å²) in [6.07, 6.45) is 1.94. The second-order valence-corrected chi connectivity index (χ2v) is 7.36. The topological polar surface area (TPSA) is 81.3 Å². The molecular formula is C20H27N5O2. The van der Waals surface area contributed by atoms with Crippen LogP contribution < -0.4 is 5.32 Å². The number of amides is 2. The molecule has 0 spiro atoms. The fraction of sp³-hybridized carbons (Fsp3) is 0.450. The van der Waals surface area contributed by atoms with E-state index in [9.17, 15) is 9.59 Å². The predicted octanol–water partition coefficient (Wildman–Crippen LogP) is 2.10. The van der Waals surface area contributed by atoms with Gasteiger partial charge in [-0.25, -0.2) is 0 Å². The third kappa shape index (κ3) is 4.74. The highest BCUT2D eigenvalue weighted by atomic mass is 16.2. The maximum absolute atomic E-state index is 12.5. The van der Waals surface area contributed by atoms with Crippen LogP contribution in [0, 0.1) is 0 Å². The summed E-state index contributed by atoms with van der Waals surface area (Å²) in [6.45, 7) is 7.43. The molecule has 2 amide bonds. The number of hydrogen-bond donors (Lipinski definition) is 2. The first-order valence-corrected chi connectivity index (χ1v) is 9.34. The Balaban J connectivity index is 1.58. The van der Waals surface area contributed by atoms with Crippen molar-refractivity contribution in [1.82, 2.24) is 20.0 Å². The normalized spacial score (nSPS) is 15.2. The minimum atomic E-state index is -0.186. The maximum Gasteiger partial charge on any atom is 0.259 e. The molecule has 7 nitrogen and oxygen atoms in total. The monoisotopic (exact) mass is 369 g/mol. The van der Waals surface area contributed by atoms with Crippen LogP contribution in [-0.2, 0) is 11.2 Å². The standard InChI is InChI=1S/C20H27N5O2/c1-14(2)19-17(13-21-23-19)20(27)22-16-6-4-15(5-7-16)12-18(26)25-10-8-24(3)9-11-25/h4-7,13-14H,8-12H2,1-3H3,(H,21,23)(H,22,27). The number of aromatic nitrogens is 2. The Labute approximate surface area is 159 Å². The molecule has 1 fully saturated rings. The quantitative estimate of drug-likeness (QED) is 0.846. The largest absolute Gasteiger partial charge is 0.340 e. The number of rotatable bonds is 5. The predicted molar refractivity (Wildman–Crippen MR) is 105 cm³/mol. The first kappa shape index (κ1) is 19.1. The van der Waals surface area contributed by atoms with E-state index in [1.54, 1.807) is 6.20 Å². The molecule has 1 aromatic carbocycles. The summed E-state index contributed by atoms with van der Waals surface area (Å²) < 4.78 is 0. The van der Waals surface area contributed by atoms with Gasteiger partial charge in [0.25, 0.3) is 5.91 Å². The lowest BCUT2D eigenvalue weighted by molar-refractivity contribution is -0.132. The molecule has 0 atom stereocenters. The highest BCUT2D eigenvalue weighted by Crippen LogP contribution is 2.18. The van der Waals surface area contributed by atoms with E-state index in [0.29, 0.717) is 17.7 Å². The van der Waals surface area contributed by atoms with Gasteiger partial charge in [-0.2, -0.15) is 5.10 Å². The number of likely N-dealkylation sites (N-methyl/N-ethyl adjacent to an activating group) is 1. The van der Waals surface area contributed by atoms with Crippen molar-refractivity contribution in [2.45, 2.75) is 26.2 Å². The van der Waals surface area contributed by atoms with E-state index in [4.69, 9.17) is 0 Å². The van der Waals surface area contributed by atoms with Gasteiger partial charge in [0.05, 0.1) is 23.9 Å². The molecule has 0 aliphatic carbocycles. The molecule has 0 unspecified atom stereocenters. The van der Waals surface area contributed by atoms with Crippen LogP contribution >= 0.6 is 0 Å². The Morgan fingerprint density at radius 3 is 2.44 bits per heavy atom. The summed E-state index contributed by atoms with van der Waals surface area (Å²) in [5.41, 5.74) is 3.02. The molecule has 7 heteroatoms. The zero-order valence-electron chi connectivity index (χ0n) is 16.2. The van der Waals surface area contributed by atoms with Crippen molar-refractivity contribution in [1.29, 1.82) is 0 Å². The van der Waals surface area contributed by atoms with E-state index in [-0.39, 0.29) is 17.7 Å². The smallest absolute Gasteiger partial charge is 0.259 e. The fourth-order valence-electron chi connectivity index (χ4n) is 3.16. The van der Waals surface area contributed by atoms with Gasteiger partial charge in [0.2, 0.25) is 5.91 Å². The van der Waals surface area contributed by atoms with Crippen molar-refractivity contribution in [3.63, 3.8) is 0 Å². The molecule has 1 aliphatic rings. The van der Waals surface area contributed by atoms with Gasteiger partial charge in [-0.1, -0.05) is 26.0 Å². The zero-order valence-corrected chi connectivity index (χ0v) is 16.2. The van der Waals surface area contributed by atoms with E-state index >= 15 is 0 Å². The van der Waals surface area contributed by atoms with E-state index in [2.05, 4.69) is 27.5 Å².